The van der Waals surface area contributed by atoms with E-state index in [1.807, 2.05) is 48.5 Å². The minimum atomic E-state index is -0.000599. The lowest BCUT2D eigenvalue weighted by molar-refractivity contribution is -0.116. The molecule has 0 saturated carbocycles. The topological polar surface area (TPSA) is 45.0 Å². The summed E-state index contributed by atoms with van der Waals surface area (Å²) in [7, 11) is 0. The highest BCUT2D eigenvalue weighted by Gasteiger charge is 2.18. The average Bonchev–Trinajstić information content (AvgIpc) is 2.41. The number of fused-ring (bicyclic) bond motifs is 2. The smallest absolute Gasteiger partial charge is 0.224 e. The summed E-state index contributed by atoms with van der Waals surface area (Å²) in [4.78, 5) is 13.6. The monoisotopic (exact) mass is 251 g/mol. The van der Waals surface area contributed by atoms with Crippen LogP contribution in [0.15, 0.2) is 58.8 Å². The Morgan fingerprint density at radius 3 is 2.42 bits per heavy atom. The van der Waals surface area contributed by atoms with Crippen LogP contribution in [0.25, 0.3) is 0 Å². The van der Waals surface area contributed by atoms with Crippen molar-refractivity contribution in [2.45, 2.75) is 13.5 Å². The van der Waals surface area contributed by atoms with Crippen LogP contribution in [0.2, 0.25) is 0 Å². The summed E-state index contributed by atoms with van der Waals surface area (Å²) < 4.78 is 0. The minimum Gasteiger partial charge on any atom is -0.306 e. The van der Waals surface area contributed by atoms with E-state index in [1.165, 1.54) is 0 Å². The Balaban J connectivity index is 2.19. The maximum absolute atomic E-state index is 11.9. The maximum Gasteiger partial charge on any atom is 0.224 e. The number of carbonyl (C=O) groups is 1. The van der Waals surface area contributed by atoms with Crippen LogP contribution in [0, 0.1) is 0 Å². The predicted octanol–water partition coefficient (Wildman–Crippen LogP) is 3.97. The third-order valence-electron chi connectivity index (χ3n) is 3.14. The number of hydrogen-bond donors (Lipinski definition) is 0. The van der Waals surface area contributed by atoms with Crippen LogP contribution < -0.4 is 4.90 Å². The van der Waals surface area contributed by atoms with E-state index in [-0.39, 0.29) is 5.91 Å². The zero-order valence-electron chi connectivity index (χ0n) is 10.6. The molecule has 4 heteroatoms. The summed E-state index contributed by atoms with van der Waals surface area (Å²) >= 11 is 0. The summed E-state index contributed by atoms with van der Waals surface area (Å²) in [5.41, 5.74) is 3.32. The molecule has 19 heavy (non-hydrogen) atoms. The fourth-order valence-electron chi connectivity index (χ4n) is 2.16. The van der Waals surface area contributed by atoms with Gasteiger partial charge >= 0.3 is 0 Å². The highest BCUT2D eigenvalue weighted by Crippen LogP contribution is 2.35. The quantitative estimate of drug-likeness (QED) is 0.698. The molecule has 1 amide bonds. The predicted molar refractivity (Wildman–Crippen MR) is 73.9 cm³/mol. The number of rotatable bonds is 0. The molecule has 0 fully saturated rings. The van der Waals surface area contributed by atoms with Crippen molar-refractivity contribution in [3.05, 3.63) is 54.1 Å². The highest BCUT2D eigenvalue weighted by molar-refractivity contribution is 5.94. The van der Waals surface area contributed by atoms with Gasteiger partial charge in [-0.05, 0) is 23.8 Å². The van der Waals surface area contributed by atoms with Gasteiger partial charge in [0.25, 0.3) is 0 Å². The fraction of sp³-hybridized carbons (Fsp3) is 0.133. The molecule has 0 aliphatic carbocycles. The number of amides is 1. The summed E-state index contributed by atoms with van der Waals surface area (Å²) in [5, 5.41) is 8.52. The van der Waals surface area contributed by atoms with Gasteiger partial charge in [0.1, 0.15) is 5.69 Å². The van der Waals surface area contributed by atoms with Crippen LogP contribution in [-0.2, 0) is 11.3 Å². The highest BCUT2D eigenvalue weighted by atomic mass is 16.2. The van der Waals surface area contributed by atoms with E-state index in [0.717, 1.165) is 16.9 Å². The van der Waals surface area contributed by atoms with Crippen molar-refractivity contribution in [2.75, 3.05) is 4.90 Å². The first-order chi connectivity index (χ1) is 9.25. The van der Waals surface area contributed by atoms with Gasteiger partial charge in [0.05, 0.1) is 17.9 Å². The molecule has 2 aromatic rings. The van der Waals surface area contributed by atoms with Gasteiger partial charge in [-0.1, -0.05) is 30.3 Å². The number of azo groups is 1. The first kappa shape index (κ1) is 11.6. The SMILES string of the molecule is CC(=O)N1Cc2ccccc2N=Nc2ccccc21. The molecule has 0 bridgehead atoms. The summed E-state index contributed by atoms with van der Waals surface area (Å²) in [5.74, 6) is -0.000599. The lowest BCUT2D eigenvalue weighted by Crippen LogP contribution is -2.28. The molecule has 1 heterocycles. The molecule has 3 rings (SSSR count). The molecule has 0 unspecified atom stereocenters. The van der Waals surface area contributed by atoms with Gasteiger partial charge in [-0.3, -0.25) is 4.79 Å². The third kappa shape index (κ3) is 2.12. The van der Waals surface area contributed by atoms with Gasteiger partial charge in [-0.25, -0.2) is 0 Å². The molecule has 1 aliphatic rings. The Bertz CT molecular complexity index is 664. The second-order valence-electron chi connectivity index (χ2n) is 4.42. The molecule has 4 nitrogen and oxygen atoms in total. The van der Waals surface area contributed by atoms with E-state index in [0.29, 0.717) is 12.2 Å². The molecular weight excluding hydrogens is 238 g/mol. The van der Waals surface area contributed by atoms with Crippen molar-refractivity contribution >= 4 is 23.0 Å². The molecule has 0 radical (unpaired) electrons. The summed E-state index contributed by atoms with van der Waals surface area (Å²) in [6.07, 6.45) is 0. The summed E-state index contributed by atoms with van der Waals surface area (Å²) in [6.45, 7) is 2.08. The van der Waals surface area contributed by atoms with E-state index in [4.69, 9.17) is 0 Å². The Hall–Kier alpha value is -2.49. The van der Waals surface area contributed by atoms with Gasteiger partial charge < -0.3 is 4.90 Å². The Morgan fingerprint density at radius 2 is 1.63 bits per heavy atom. The summed E-state index contributed by atoms with van der Waals surface area (Å²) in [6, 6.07) is 15.3. The number of benzene rings is 2. The van der Waals surface area contributed by atoms with E-state index >= 15 is 0 Å². The molecule has 0 saturated heterocycles. The van der Waals surface area contributed by atoms with Gasteiger partial charge in [0, 0.05) is 6.92 Å². The molecule has 0 N–H and O–H groups in total. The molecule has 0 spiro atoms. The van der Waals surface area contributed by atoms with E-state index in [1.54, 1.807) is 11.8 Å². The Labute approximate surface area is 111 Å². The van der Waals surface area contributed by atoms with Crippen LogP contribution in [0.5, 0.6) is 0 Å². The molecular formula is C15H13N3O. The number of para-hydroxylation sites is 1. The second-order valence-corrected chi connectivity index (χ2v) is 4.42. The van der Waals surface area contributed by atoms with Gasteiger partial charge in [0.15, 0.2) is 0 Å². The number of anilines is 1. The van der Waals surface area contributed by atoms with Crippen molar-refractivity contribution in [3.8, 4) is 0 Å². The van der Waals surface area contributed by atoms with Gasteiger partial charge in [0.2, 0.25) is 5.91 Å². The number of hydrogen-bond acceptors (Lipinski definition) is 3. The maximum atomic E-state index is 11.9. The number of nitrogens with zero attached hydrogens (tertiary/aromatic N) is 3. The van der Waals surface area contributed by atoms with Gasteiger partial charge in [-0.15, -0.1) is 5.11 Å². The van der Waals surface area contributed by atoms with Crippen molar-refractivity contribution < 1.29 is 4.79 Å². The van der Waals surface area contributed by atoms with Crippen molar-refractivity contribution in [3.63, 3.8) is 0 Å². The normalized spacial score (nSPS) is 13.2. The van der Waals surface area contributed by atoms with E-state index < -0.39 is 0 Å². The zero-order chi connectivity index (χ0) is 13.2. The van der Waals surface area contributed by atoms with Crippen LogP contribution in [0.3, 0.4) is 0 Å². The first-order valence-corrected chi connectivity index (χ1v) is 6.12. The first-order valence-electron chi connectivity index (χ1n) is 6.12. The second kappa shape index (κ2) is 4.65. The molecule has 94 valence electrons. The van der Waals surface area contributed by atoms with Crippen LogP contribution >= 0.6 is 0 Å². The standard InChI is InChI=1S/C15H13N3O/c1-11(19)18-10-12-6-2-3-7-13(12)16-17-14-8-4-5-9-15(14)18/h2-9H,10H2,1H3. The number of carbonyl (C=O) groups excluding carboxylic acids is 1. The molecule has 0 aromatic heterocycles. The minimum absolute atomic E-state index is 0.000599. The third-order valence-corrected chi connectivity index (χ3v) is 3.14. The lowest BCUT2D eigenvalue weighted by atomic mass is 10.1. The zero-order valence-corrected chi connectivity index (χ0v) is 10.6. The fourth-order valence-corrected chi connectivity index (χ4v) is 2.16. The molecule has 1 aliphatic heterocycles. The van der Waals surface area contributed by atoms with E-state index in [2.05, 4.69) is 10.2 Å². The lowest BCUT2D eigenvalue weighted by Gasteiger charge is -2.24. The van der Waals surface area contributed by atoms with Crippen molar-refractivity contribution in [1.82, 2.24) is 0 Å². The largest absolute Gasteiger partial charge is 0.306 e. The van der Waals surface area contributed by atoms with Crippen LogP contribution in [-0.4, -0.2) is 5.91 Å². The molecule has 0 atom stereocenters. The average molecular weight is 251 g/mol. The van der Waals surface area contributed by atoms with Crippen molar-refractivity contribution in [1.29, 1.82) is 0 Å². The van der Waals surface area contributed by atoms with Gasteiger partial charge in [-0.2, -0.15) is 5.11 Å². The van der Waals surface area contributed by atoms with Crippen LogP contribution in [0.1, 0.15) is 12.5 Å². The van der Waals surface area contributed by atoms with Crippen LogP contribution in [0.4, 0.5) is 17.1 Å². The Morgan fingerprint density at radius 1 is 1.00 bits per heavy atom. The Kier molecular flexibility index (Phi) is 2.83. The van der Waals surface area contributed by atoms with Crippen molar-refractivity contribution in [2.24, 2.45) is 10.2 Å². The van der Waals surface area contributed by atoms with E-state index in [9.17, 15) is 4.79 Å². The molecule has 2 aromatic carbocycles.